The Balaban J connectivity index is 2.85. The molecule has 1 unspecified atom stereocenters. The molecule has 146 valence electrons. The minimum absolute atomic E-state index is 0.0134. The topological polar surface area (TPSA) is 147 Å². The first-order chi connectivity index (χ1) is 12.8. The van der Waals surface area contributed by atoms with Gasteiger partial charge in [0.2, 0.25) is 0 Å². The summed E-state index contributed by atoms with van der Waals surface area (Å²) in [5.41, 5.74) is 8.12. The maximum Gasteiger partial charge on any atom is 0.336 e. The average Bonchev–Trinajstić information content (AvgIpc) is 2.60. The molecule has 0 spiro atoms. The number of carbonyl (C=O) groups excluding carboxylic acids is 2. The molecule has 0 aromatic rings. The fourth-order valence-corrected chi connectivity index (χ4v) is 2.08. The first kappa shape index (κ1) is 22.2. The van der Waals surface area contributed by atoms with Crippen molar-refractivity contribution in [3.8, 4) is 6.07 Å². The molecule has 0 aromatic carbocycles. The summed E-state index contributed by atoms with van der Waals surface area (Å²) in [7, 11) is 0. The van der Waals surface area contributed by atoms with E-state index in [-0.39, 0.29) is 44.8 Å². The van der Waals surface area contributed by atoms with Gasteiger partial charge in [-0.15, -0.1) is 0 Å². The number of ether oxygens (including phenoxy) is 3. The van der Waals surface area contributed by atoms with E-state index in [1.165, 1.54) is 6.21 Å². The zero-order valence-corrected chi connectivity index (χ0v) is 15.7. The fourth-order valence-electron chi connectivity index (χ4n) is 2.08. The van der Waals surface area contributed by atoms with Crippen LogP contribution in [0.1, 0.15) is 33.6 Å². The van der Waals surface area contributed by atoms with Crippen molar-refractivity contribution >= 4 is 18.2 Å². The molecule has 0 radical (unpaired) electrons. The van der Waals surface area contributed by atoms with E-state index in [1.54, 1.807) is 20.8 Å². The van der Waals surface area contributed by atoms with Crippen molar-refractivity contribution in [1.82, 2.24) is 0 Å². The van der Waals surface area contributed by atoms with Crippen molar-refractivity contribution in [2.45, 2.75) is 39.2 Å². The number of nitrogens with zero attached hydrogens (tertiary/aromatic N) is 5. The van der Waals surface area contributed by atoms with Gasteiger partial charge in [0.05, 0.1) is 42.9 Å². The standard InChI is InChI=1S/C17H23N5O5/c1-17(2,3)27-16(24)13-9-12(15(23)26-7-4-5-18)10-20-14(13)11-25-8-6-21-22-19/h10,12H,4,6-9,11H2,1-3H3. The van der Waals surface area contributed by atoms with E-state index >= 15 is 0 Å². The predicted molar refractivity (Wildman–Crippen MR) is 95.5 cm³/mol. The van der Waals surface area contributed by atoms with E-state index in [0.29, 0.717) is 5.70 Å². The van der Waals surface area contributed by atoms with Gasteiger partial charge in [-0.25, -0.2) is 4.79 Å². The Morgan fingerprint density at radius 2 is 2.19 bits per heavy atom. The van der Waals surface area contributed by atoms with Gasteiger partial charge in [-0.2, -0.15) is 5.26 Å². The van der Waals surface area contributed by atoms with Gasteiger partial charge in [-0.3, -0.25) is 9.79 Å². The van der Waals surface area contributed by atoms with Crippen molar-refractivity contribution in [2.75, 3.05) is 26.4 Å². The summed E-state index contributed by atoms with van der Waals surface area (Å²) in [6.07, 6.45) is 1.56. The number of rotatable bonds is 9. The van der Waals surface area contributed by atoms with E-state index in [2.05, 4.69) is 15.0 Å². The van der Waals surface area contributed by atoms with Crippen LogP contribution in [0, 0.1) is 17.2 Å². The van der Waals surface area contributed by atoms with Gasteiger partial charge in [0.25, 0.3) is 0 Å². The van der Waals surface area contributed by atoms with Gasteiger partial charge in [0.1, 0.15) is 12.2 Å². The van der Waals surface area contributed by atoms with Crippen molar-refractivity contribution < 1.29 is 23.8 Å². The number of aliphatic imine (C=N–C) groups is 1. The highest BCUT2D eigenvalue weighted by atomic mass is 16.6. The molecule has 1 atom stereocenters. The summed E-state index contributed by atoms with van der Waals surface area (Å²) in [6, 6.07) is 1.88. The molecule has 1 rings (SSSR count). The third-order valence-electron chi connectivity index (χ3n) is 3.23. The second-order valence-electron chi connectivity index (χ2n) is 6.60. The summed E-state index contributed by atoms with van der Waals surface area (Å²) in [5, 5.41) is 11.9. The van der Waals surface area contributed by atoms with Crippen LogP contribution in [-0.2, 0) is 23.8 Å². The number of azide groups is 1. The van der Waals surface area contributed by atoms with Crippen molar-refractivity contribution in [3.63, 3.8) is 0 Å². The van der Waals surface area contributed by atoms with Crippen LogP contribution in [0.5, 0.6) is 0 Å². The lowest BCUT2D eigenvalue weighted by Crippen LogP contribution is -2.30. The van der Waals surface area contributed by atoms with Crippen LogP contribution in [0.4, 0.5) is 0 Å². The van der Waals surface area contributed by atoms with Gasteiger partial charge in [0, 0.05) is 17.7 Å². The van der Waals surface area contributed by atoms with Crippen LogP contribution in [0.3, 0.4) is 0 Å². The number of hydrogen-bond donors (Lipinski definition) is 0. The highest BCUT2D eigenvalue weighted by Crippen LogP contribution is 2.25. The second kappa shape index (κ2) is 11.0. The van der Waals surface area contributed by atoms with Crippen LogP contribution in [0.25, 0.3) is 10.4 Å². The van der Waals surface area contributed by atoms with Gasteiger partial charge in [0.15, 0.2) is 0 Å². The minimum Gasteiger partial charge on any atom is -0.464 e. The maximum atomic E-state index is 12.5. The van der Waals surface area contributed by atoms with Crippen molar-refractivity contribution in [3.05, 3.63) is 21.7 Å². The first-order valence-electron chi connectivity index (χ1n) is 8.40. The van der Waals surface area contributed by atoms with Gasteiger partial charge in [-0.05, 0) is 32.7 Å². The Kier molecular flexibility index (Phi) is 8.99. The molecule has 1 aliphatic rings. The summed E-state index contributed by atoms with van der Waals surface area (Å²) in [5.74, 6) is -1.88. The zero-order valence-electron chi connectivity index (χ0n) is 15.7. The molecule has 1 aliphatic heterocycles. The lowest BCUT2D eigenvalue weighted by Gasteiger charge is -2.24. The predicted octanol–water partition coefficient (Wildman–Crippen LogP) is 2.46. The lowest BCUT2D eigenvalue weighted by molar-refractivity contribution is -0.150. The van der Waals surface area contributed by atoms with E-state index in [9.17, 15) is 9.59 Å². The zero-order chi connectivity index (χ0) is 20.3. The smallest absolute Gasteiger partial charge is 0.336 e. The number of nitriles is 1. The van der Waals surface area contributed by atoms with Crippen LogP contribution >= 0.6 is 0 Å². The molecule has 0 aromatic heterocycles. The highest BCUT2D eigenvalue weighted by Gasteiger charge is 2.31. The normalized spacial score (nSPS) is 16.3. The van der Waals surface area contributed by atoms with Crippen LogP contribution < -0.4 is 0 Å². The number of esters is 2. The largest absolute Gasteiger partial charge is 0.464 e. The second-order valence-corrected chi connectivity index (χ2v) is 6.60. The summed E-state index contributed by atoms with van der Waals surface area (Å²) >= 11 is 0. The molecule has 0 saturated carbocycles. The molecule has 10 nitrogen and oxygen atoms in total. The highest BCUT2D eigenvalue weighted by molar-refractivity contribution is 5.97. The SMILES string of the molecule is CC(C)(C)OC(=O)C1=C(COCCN=[N+]=[N-])N=CC(C(=O)OCCC#N)C1. The van der Waals surface area contributed by atoms with Crippen molar-refractivity contribution in [2.24, 2.45) is 16.0 Å². The maximum absolute atomic E-state index is 12.5. The van der Waals surface area contributed by atoms with E-state index in [1.807, 2.05) is 6.07 Å². The minimum atomic E-state index is -0.738. The monoisotopic (exact) mass is 377 g/mol. The summed E-state index contributed by atoms with van der Waals surface area (Å²) in [4.78, 5) is 31.4. The van der Waals surface area contributed by atoms with E-state index in [0.717, 1.165) is 0 Å². The van der Waals surface area contributed by atoms with Gasteiger partial charge >= 0.3 is 11.9 Å². The molecular weight excluding hydrogens is 354 g/mol. The van der Waals surface area contributed by atoms with E-state index < -0.39 is 23.5 Å². The quantitative estimate of drug-likeness (QED) is 0.198. The van der Waals surface area contributed by atoms with Gasteiger partial charge < -0.3 is 14.2 Å². The molecule has 0 saturated heterocycles. The molecule has 0 amide bonds. The van der Waals surface area contributed by atoms with Crippen LogP contribution in [0.15, 0.2) is 21.4 Å². The third kappa shape index (κ3) is 8.35. The first-order valence-corrected chi connectivity index (χ1v) is 8.40. The number of hydrogen-bond acceptors (Lipinski definition) is 8. The Labute approximate surface area is 157 Å². The van der Waals surface area contributed by atoms with Crippen molar-refractivity contribution in [1.29, 1.82) is 5.26 Å². The summed E-state index contributed by atoms with van der Waals surface area (Å²) < 4.78 is 15.8. The molecule has 10 heteroatoms. The lowest BCUT2D eigenvalue weighted by atomic mass is 9.96. The Morgan fingerprint density at radius 3 is 2.81 bits per heavy atom. The van der Waals surface area contributed by atoms with E-state index in [4.69, 9.17) is 25.0 Å². The van der Waals surface area contributed by atoms with Crippen LogP contribution in [0.2, 0.25) is 0 Å². The summed E-state index contributed by atoms with van der Waals surface area (Å²) in [6.45, 7) is 5.54. The molecule has 0 N–H and O–H groups in total. The molecular formula is C17H23N5O5. The Bertz CT molecular complexity index is 695. The molecule has 1 heterocycles. The fraction of sp³-hybridized carbons (Fsp3) is 0.647. The average molecular weight is 377 g/mol. The van der Waals surface area contributed by atoms with Crippen LogP contribution in [-0.4, -0.2) is 50.1 Å². The Morgan fingerprint density at radius 1 is 1.44 bits per heavy atom. The molecule has 0 aliphatic carbocycles. The number of carbonyl (C=O) groups is 2. The Hall–Kier alpha value is -2.89. The molecule has 0 bridgehead atoms. The molecule has 27 heavy (non-hydrogen) atoms. The van der Waals surface area contributed by atoms with Gasteiger partial charge in [-0.1, -0.05) is 5.11 Å². The molecule has 0 fully saturated rings. The third-order valence-corrected chi connectivity index (χ3v) is 3.23.